The number of esters is 1. The predicted molar refractivity (Wildman–Crippen MR) is 100.0 cm³/mol. The van der Waals surface area contributed by atoms with Crippen LogP contribution in [0.1, 0.15) is 34.3 Å². The van der Waals surface area contributed by atoms with E-state index in [0.29, 0.717) is 11.3 Å². The number of carbonyl (C=O) groups is 2. The van der Waals surface area contributed by atoms with E-state index < -0.39 is 10.9 Å². The SMILES string of the molecule is O=C(CCNc1ccccc1[N+](=O)[O-])OCC(=O)c1ccc2c(c1)CCC2. The summed E-state index contributed by atoms with van der Waals surface area (Å²) >= 11 is 0. The Balaban J connectivity index is 1.45. The number of Topliss-reactive ketones (excluding diaryl/α,β-unsaturated/α-hetero) is 1. The fourth-order valence-corrected chi connectivity index (χ4v) is 3.13. The molecule has 1 aliphatic rings. The summed E-state index contributed by atoms with van der Waals surface area (Å²) in [6, 6.07) is 11.8. The van der Waals surface area contributed by atoms with Crippen LogP contribution in [0.2, 0.25) is 0 Å². The summed E-state index contributed by atoms with van der Waals surface area (Å²) in [5.41, 5.74) is 3.31. The Morgan fingerprint density at radius 2 is 1.89 bits per heavy atom. The number of aryl methyl sites for hydroxylation is 2. The minimum Gasteiger partial charge on any atom is -0.457 e. The predicted octanol–water partition coefficient (Wildman–Crippen LogP) is 3.31. The van der Waals surface area contributed by atoms with Crippen molar-refractivity contribution in [3.63, 3.8) is 0 Å². The second-order valence-corrected chi connectivity index (χ2v) is 6.37. The number of rotatable bonds is 8. The van der Waals surface area contributed by atoms with Gasteiger partial charge in [0.05, 0.1) is 11.3 Å². The molecule has 0 saturated carbocycles. The van der Waals surface area contributed by atoms with Crippen LogP contribution in [-0.2, 0) is 22.4 Å². The number of hydrogen-bond acceptors (Lipinski definition) is 6. The van der Waals surface area contributed by atoms with Crippen LogP contribution in [0.5, 0.6) is 0 Å². The quantitative estimate of drug-likeness (QED) is 0.332. The number of anilines is 1. The number of benzene rings is 2. The lowest BCUT2D eigenvalue weighted by Gasteiger charge is -2.08. The summed E-state index contributed by atoms with van der Waals surface area (Å²) in [6.45, 7) is -0.125. The van der Waals surface area contributed by atoms with Crippen LogP contribution < -0.4 is 5.32 Å². The molecule has 27 heavy (non-hydrogen) atoms. The van der Waals surface area contributed by atoms with Crippen molar-refractivity contribution in [1.82, 2.24) is 0 Å². The number of hydrogen-bond donors (Lipinski definition) is 1. The van der Waals surface area contributed by atoms with Crippen molar-refractivity contribution in [2.75, 3.05) is 18.5 Å². The second-order valence-electron chi connectivity index (χ2n) is 6.37. The average Bonchev–Trinajstić information content (AvgIpc) is 3.14. The molecule has 1 N–H and O–H groups in total. The van der Waals surface area contributed by atoms with Gasteiger partial charge in [0.2, 0.25) is 0 Å². The van der Waals surface area contributed by atoms with E-state index in [1.807, 2.05) is 12.1 Å². The Morgan fingerprint density at radius 1 is 1.11 bits per heavy atom. The summed E-state index contributed by atoms with van der Waals surface area (Å²) in [5.74, 6) is -0.764. The number of ether oxygens (including phenoxy) is 1. The monoisotopic (exact) mass is 368 g/mol. The van der Waals surface area contributed by atoms with Gasteiger partial charge in [0.1, 0.15) is 5.69 Å². The van der Waals surface area contributed by atoms with Gasteiger partial charge >= 0.3 is 5.97 Å². The Morgan fingerprint density at radius 3 is 2.70 bits per heavy atom. The molecule has 2 aromatic carbocycles. The number of carbonyl (C=O) groups excluding carboxylic acids is 2. The number of nitrogens with one attached hydrogen (secondary N) is 1. The summed E-state index contributed by atoms with van der Waals surface area (Å²) < 4.78 is 5.03. The topological polar surface area (TPSA) is 98.5 Å². The van der Waals surface area contributed by atoms with Crippen LogP contribution in [0.4, 0.5) is 11.4 Å². The number of fused-ring (bicyclic) bond motifs is 1. The lowest BCUT2D eigenvalue weighted by molar-refractivity contribution is -0.384. The van der Waals surface area contributed by atoms with E-state index in [1.54, 1.807) is 24.3 Å². The van der Waals surface area contributed by atoms with Gasteiger partial charge in [-0.3, -0.25) is 19.7 Å². The molecule has 0 fully saturated rings. The maximum atomic E-state index is 12.2. The molecule has 0 amide bonds. The van der Waals surface area contributed by atoms with Crippen LogP contribution >= 0.6 is 0 Å². The van der Waals surface area contributed by atoms with Gasteiger partial charge in [-0.25, -0.2) is 0 Å². The van der Waals surface area contributed by atoms with E-state index in [9.17, 15) is 19.7 Å². The van der Waals surface area contributed by atoms with E-state index >= 15 is 0 Å². The van der Waals surface area contributed by atoms with Gasteiger partial charge < -0.3 is 10.1 Å². The van der Waals surface area contributed by atoms with Gasteiger partial charge in [0.15, 0.2) is 12.4 Å². The summed E-state index contributed by atoms with van der Waals surface area (Å²) in [4.78, 5) is 34.5. The molecule has 0 spiro atoms. The van der Waals surface area contributed by atoms with Gasteiger partial charge in [-0.1, -0.05) is 24.3 Å². The normalized spacial score (nSPS) is 12.3. The van der Waals surface area contributed by atoms with E-state index in [4.69, 9.17) is 4.74 Å². The molecule has 7 nitrogen and oxygen atoms in total. The average molecular weight is 368 g/mol. The first-order valence-electron chi connectivity index (χ1n) is 8.82. The van der Waals surface area contributed by atoms with Crippen molar-refractivity contribution >= 4 is 23.1 Å². The zero-order valence-electron chi connectivity index (χ0n) is 14.8. The van der Waals surface area contributed by atoms with Gasteiger partial charge in [0.25, 0.3) is 5.69 Å². The molecule has 2 aromatic rings. The van der Waals surface area contributed by atoms with Crippen LogP contribution in [0.25, 0.3) is 0 Å². The molecule has 0 atom stereocenters. The zero-order chi connectivity index (χ0) is 19.2. The minimum atomic E-state index is -0.532. The molecular formula is C20H20N2O5. The fraction of sp³-hybridized carbons (Fsp3) is 0.300. The number of nitrogens with zero attached hydrogens (tertiary/aromatic N) is 1. The third-order valence-corrected chi connectivity index (χ3v) is 4.53. The molecule has 0 bridgehead atoms. The Hall–Kier alpha value is -3.22. The number of nitro benzene ring substituents is 1. The molecule has 7 heteroatoms. The summed E-state index contributed by atoms with van der Waals surface area (Å²) in [5, 5.41) is 13.8. The Kier molecular flexibility index (Phi) is 5.80. The maximum absolute atomic E-state index is 12.2. The van der Waals surface area contributed by atoms with Crippen LogP contribution in [0.3, 0.4) is 0 Å². The summed E-state index contributed by atoms with van der Waals surface area (Å²) in [6.07, 6.45) is 3.14. The Bertz CT molecular complexity index is 878. The molecule has 140 valence electrons. The van der Waals surface area contributed by atoms with Crippen LogP contribution in [-0.4, -0.2) is 29.8 Å². The number of ketones is 1. The smallest absolute Gasteiger partial charge is 0.308 e. The van der Waals surface area contributed by atoms with Crippen molar-refractivity contribution in [2.45, 2.75) is 25.7 Å². The molecule has 3 rings (SSSR count). The fourth-order valence-electron chi connectivity index (χ4n) is 3.13. The molecular weight excluding hydrogens is 348 g/mol. The molecule has 0 aromatic heterocycles. The van der Waals surface area contributed by atoms with Crippen LogP contribution in [0, 0.1) is 10.1 Å². The molecule has 1 aliphatic carbocycles. The Labute approximate surface area is 156 Å². The molecule has 0 heterocycles. The van der Waals surface area contributed by atoms with E-state index in [2.05, 4.69) is 5.32 Å². The lowest BCUT2D eigenvalue weighted by Crippen LogP contribution is -2.17. The zero-order valence-corrected chi connectivity index (χ0v) is 14.8. The first-order chi connectivity index (χ1) is 13.0. The third kappa shape index (κ3) is 4.69. The second kappa shape index (κ2) is 8.44. The maximum Gasteiger partial charge on any atom is 0.308 e. The molecule has 0 unspecified atom stereocenters. The molecule has 0 radical (unpaired) electrons. The minimum absolute atomic E-state index is 0.00349. The van der Waals surface area contributed by atoms with E-state index in [1.165, 1.54) is 17.2 Å². The van der Waals surface area contributed by atoms with Gasteiger partial charge in [-0.2, -0.15) is 0 Å². The number of para-hydroxylation sites is 2. The molecule has 0 saturated heterocycles. The van der Waals surface area contributed by atoms with Gasteiger partial charge in [-0.15, -0.1) is 0 Å². The standard InChI is InChI=1S/C20H20N2O5/c23-19(16-9-8-14-4-3-5-15(14)12-16)13-27-20(24)10-11-21-17-6-1-2-7-18(17)22(25)26/h1-2,6-9,12,21H,3-5,10-11,13H2. The highest BCUT2D eigenvalue weighted by Gasteiger charge is 2.16. The lowest BCUT2D eigenvalue weighted by atomic mass is 10.0. The first kappa shape index (κ1) is 18.6. The van der Waals surface area contributed by atoms with Gasteiger partial charge in [-0.05, 0) is 42.5 Å². The first-order valence-corrected chi connectivity index (χ1v) is 8.82. The van der Waals surface area contributed by atoms with Crippen molar-refractivity contribution < 1.29 is 19.2 Å². The van der Waals surface area contributed by atoms with E-state index in [0.717, 1.165) is 19.3 Å². The number of nitro groups is 1. The largest absolute Gasteiger partial charge is 0.457 e. The highest BCUT2D eigenvalue weighted by atomic mass is 16.6. The van der Waals surface area contributed by atoms with Crippen LogP contribution in [0.15, 0.2) is 42.5 Å². The highest BCUT2D eigenvalue weighted by Crippen LogP contribution is 2.24. The van der Waals surface area contributed by atoms with Crippen molar-refractivity contribution in [3.05, 3.63) is 69.3 Å². The van der Waals surface area contributed by atoms with Gasteiger partial charge in [0, 0.05) is 18.2 Å². The highest BCUT2D eigenvalue weighted by molar-refractivity contribution is 5.98. The van der Waals surface area contributed by atoms with E-state index in [-0.39, 0.29) is 31.0 Å². The third-order valence-electron chi connectivity index (χ3n) is 4.53. The van der Waals surface area contributed by atoms with Crippen molar-refractivity contribution in [1.29, 1.82) is 0 Å². The van der Waals surface area contributed by atoms with Crippen molar-refractivity contribution in [3.8, 4) is 0 Å². The summed E-state index contributed by atoms with van der Waals surface area (Å²) in [7, 11) is 0. The molecule has 0 aliphatic heterocycles. The van der Waals surface area contributed by atoms with Crippen molar-refractivity contribution in [2.24, 2.45) is 0 Å².